The van der Waals surface area contributed by atoms with E-state index in [-0.39, 0.29) is 12.0 Å². The fourth-order valence-electron chi connectivity index (χ4n) is 3.47. The molecule has 0 radical (unpaired) electrons. The summed E-state index contributed by atoms with van der Waals surface area (Å²) in [5.41, 5.74) is 1.01. The Morgan fingerprint density at radius 2 is 1.91 bits per heavy atom. The quantitative estimate of drug-likeness (QED) is 0.794. The lowest BCUT2D eigenvalue weighted by Gasteiger charge is -2.40. The number of hydrogen-bond acceptors (Lipinski definition) is 5. The van der Waals surface area contributed by atoms with E-state index >= 15 is 0 Å². The van der Waals surface area contributed by atoms with Crippen LogP contribution in [0.2, 0.25) is 0 Å². The summed E-state index contributed by atoms with van der Waals surface area (Å²) < 4.78 is 0. The first-order valence-electron chi connectivity index (χ1n) is 8.48. The highest BCUT2D eigenvalue weighted by Gasteiger charge is 2.35. The zero-order valence-corrected chi connectivity index (χ0v) is 14.5. The number of carbonyl (C=O) groups is 1. The molecule has 6 heteroatoms. The van der Waals surface area contributed by atoms with Crippen LogP contribution in [-0.4, -0.2) is 71.2 Å². The van der Waals surface area contributed by atoms with Crippen LogP contribution in [0.15, 0.2) is 5.16 Å². The molecule has 124 valence electrons. The van der Waals surface area contributed by atoms with Crippen LogP contribution in [0.3, 0.4) is 0 Å². The van der Waals surface area contributed by atoms with Gasteiger partial charge in [-0.05, 0) is 18.8 Å². The van der Waals surface area contributed by atoms with Gasteiger partial charge in [0.2, 0.25) is 6.10 Å². The minimum Gasteiger partial charge on any atom is -0.382 e. The Bertz CT molecular complexity index is 427. The van der Waals surface area contributed by atoms with Crippen molar-refractivity contribution in [3.05, 3.63) is 0 Å². The van der Waals surface area contributed by atoms with Crippen molar-refractivity contribution in [3.63, 3.8) is 0 Å². The minimum atomic E-state index is -0.375. The third kappa shape index (κ3) is 3.59. The standard InChI is InChI=1S/C16H27N3O2S/c1-12(2)14-11-15(21-17-14)16(20)19-5-3-13(4-6-19)18-7-9-22-10-8-18/h12-13,15H,3-11H2,1-2H3. The molecular weight excluding hydrogens is 298 g/mol. The van der Waals surface area contributed by atoms with Crippen LogP contribution < -0.4 is 0 Å². The van der Waals surface area contributed by atoms with E-state index in [9.17, 15) is 4.79 Å². The number of carbonyl (C=O) groups excluding carboxylic acids is 1. The molecule has 3 heterocycles. The fraction of sp³-hybridized carbons (Fsp3) is 0.875. The van der Waals surface area contributed by atoms with Crippen molar-refractivity contribution in [3.8, 4) is 0 Å². The molecule has 5 nitrogen and oxygen atoms in total. The van der Waals surface area contributed by atoms with Crippen LogP contribution in [0.4, 0.5) is 0 Å². The number of nitrogens with zero attached hydrogens (tertiary/aromatic N) is 3. The molecule has 0 bridgehead atoms. The normalized spacial score (nSPS) is 27.9. The summed E-state index contributed by atoms with van der Waals surface area (Å²) in [6.45, 7) is 8.34. The largest absolute Gasteiger partial charge is 0.382 e. The van der Waals surface area contributed by atoms with Crippen molar-refractivity contribution in [2.45, 2.75) is 45.3 Å². The average Bonchev–Trinajstić information content (AvgIpc) is 3.05. The topological polar surface area (TPSA) is 45.1 Å². The van der Waals surface area contributed by atoms with Crippen molar-refractivity contribution in [1.82, 2.24) is 9.80 Å². The monoisotopic (exact) mass is 325 g/mol. The number of hydrogen-bond donors (Lipinski definition) is 0. The number of likely N-dealkylation sites (tertiary alicyclic amines) is 1. The predicted molar refractivity (Wildman–Crippen MR) is 90.3 cm³/mol. The average molecular weight is 325 g/mol. The fourth-order valence-corrected chi connectivity index (χ4v) is 4.40. The summed E-state index contributed by atoms with van der Waals surface area (Å²) in [6, 6.07) is 0.664. The second-order valence-electron chi connectivity index (χ2n) is 6.74. The maximum absolute atomic E-state index is 12.6. The van der Waals surface area contributed by atoms with Gasteiger partial charge < -0.3 is 9.74 Å². The van der Waals surface area contributed by atoms with Crippen molar-refractivity contribution >= 4 is 23.4 Å². The summed E-state index contributed by atoms with van der Waals surface area (Å²) in [6.07, 6.45) is 2.49. The van der Waals surface area contributed by atoms with E-state index in [0.717, 1.165) is 31.6 Å². The van der Waals surface area contributed by atoms with E-state index in [1.54, 1.807) is 0 Å². The van der Waals surface area contributed by atoms with Gasteiger partial charge in [0, 0.05) is 50.1 Å². The number of rotatable bonds is 3. The number of thioether (sulfide) groups is 1. The summed E-state index contributed by atoms with van der Waals surface area (Å²) in [5, 5.41) is 4.08. The summed E-state index contributed by atoms with van der Waals surface area (Å²) in [4.78, 5) is 22.5. The Labute approximate surface area is 137 Å². The Kier molecular flexibility index (Phi) is 5.29. The van der Waals surface area contributed by atoms with Gasteiger partial charge in [-0.15, -0.1) is 0 Å². The van der Waals surface area contributed by atoms with Crippen molar-refractivity contribution in [1.29, 1.82) is 0 Å². The van der Waals surface area contributed by atoms with Crippen molar-refractivity contribution in [2.24, 2.45) is 11.1 Å². The van der Waals surface area contributed by atoms with Crippen LogP contribution >= 0.6 is 11.8 Å². The number of oxime groups is 1. The van der Waals surface area contributed by atoms with Gasteiger partial charge in [0.1, 0.15) is 0 Å². The van der Waals surface area contributed by atoms with Gasteiger partial charge in [-0.2, -0.15) is 11.8 Å². The van der Waals surface area contributed by atoms with E-state index in [2.05, 4.69) is 35.7 Å². The molecule has 1 amide bonds. The van der Waals surface area contributed by atoms with Gasteiger partial charge in [0.15, 0.2) is 0 Å². The molecule has 1 atom stereocenters. The predicted octanol–water partition coefficient (Wildman–Crippen LogP) is 1.83. The third-order valence-corrected chi connectivity index (χ3v) is 5.91. The molecule has 2 saturated heterocycles. The maximum Gasteiger partial charge on any atom is 0.266 e. The van der Waals surface area contributed by atoms with Crippen LogP contribution in [-0.2, 0) is 9.63 Å². The van der Waals surface area contributed by atoms with Crippen LogP contribution in [0, 0.1) is 5.92 Å². The third-order valence-electron chi connectivity index (χ3n) is 4.97. The molecule has 0 saturated carbocycles. The minimum absolute atomic E-state index is 0.132. The Hall–Kier alpha value is -0.750. The summed E-state index contributed by atoms with van der Waals surface area (Å²) in [5.74, 6) is 3.00. The molecule has 3 rings (SSSR count). The lowest BCUT2D eigenvalue weighted by atomic mass is 10.00. The van der Waals surface area contributed by atoms with E-state index in [1.165, 1.54) is 24.6 Å². The smallest absolute Gasteiger partial charge is 0.266 e. The molecule has 3 aliphatic rings. The van der Waals surface area contributed by atoms with E-state index in [1.807, 2.05) is 4.90 Å². The molecule has 3 aliphatic heterocycles. The van der Waals surface area contributed by atoms with Crippen molar-refractivity contribution in [2.75, 3.05) is 37.7 Å². The highest BCUT2D eigenvalue weighted by atomic mass is 32.2. The second kappa shape index (κ2) is 7.21. The van der Waals surface area contributed by atoms with Gasteiger partial charge in [-0.25, -0.2) is 0 Å². The zero-order valence-electron chi connectivity index (χ0n) is 13.7. The molecule has 22 heavy (non-hydrogen) atoms. The molecule has 0 N–H and O–H groups in total. The van der Waals surface area contributed by atoms with Gasteiger partial charge in [-0.3, -0.25) is 9.69 Å². The molecule has 0 aliphatic carbocycles. The van der Waals surface area contributed by atoms with E-state index in [4.69, 9.17) is 4.84 Å². The molecular formula is C16H27N3O2S. The molecule has 2 fully saturated rings. The molecule has 0 spiro atoms. The van der Waals surface area contributed by atoms with E-state index < -0.39 is 0 Å². The lowest BCUT2D eigenvalue weighted by molar-refractivity contribution is -0.143. The second-order valence-corrected chi connectivity index (χ2v) is 7.97. The first-order chi connectivity index (χ1) is 10.6. The summed E-state index contributed by atoms with van der Waals surface area (Å²) >= 11 is 2.05. The lowest BCUT2D eigenvalue weighted by Crippen LogP contribution is -2.50. The Morgan fingerprint density at radius 1 is 1.23 bits per heavy atom. The van der Waals surface area contributed by atoms with Crippen molar-refractivity contribution < 1.29 is 9.63 Å². The maximum atomic E-state index is 12.6. The number of amides is 1. The Balaban J connectivity index is 1.46. The van der Waals surface area contributed by atoms with Gasteiger partial charge in [0.25, 0.3) is 5.91 Å². The van der Waals surface area contributed by atoms with Gasteiger partial charge >= 0.3 is 0 Å². The van der Waals surface area contributed by atoms with Crippen LogP contribution in [0.1, 0.15) is 33.1 Å². The van der Waals surface area contributed by atoms with Gasteiger partial charge in [-0.1, -0.05) is 19.0 Å². The molecule has 0 aromatic heterocycles. The zero-order chi connectivity index (χ0) is 15.5. The SMILES string of the molecule is CC(C)C1=NOC(C(=O)N2CCC(N3CCSCC3)CC2)C1. The highest BCUT2D eigenvalue weighted by molar-refractivity contribution is 7.99. The Morgan fingerprint density at radius 3 is 2.50 bits per heavy atom. The van der Waals surface area contributed by atoms with Gasteiger partial charge in [0.05, 0.1) is 5.71 Å². The first-order valence-corrected chi connectivity index (χ1v) is 9.64. The molecule has 0 aromatic carbocycles. The van der Waals surface area contributed by atoms with Crippen LogP contribution in [0.25, 0.3) is 0 Å². The first kappa shape index (κ1) is 16.1. The van der Waals surface area contributed by atoms with E-state index in [0.29, 0.717) is 18.4 Å². The highest BCUT2D eigenvalue weighted by Crippen LogP contribution is 2.23. The number of piperidine rings is 1. The van der Waals surface area contributed by atoms with Crippen LogP contribution in [0.5, 0.6) is 0 Å². The molecule has 0 aromatic rings. The summed E-state index contributed by atoms with van der Waals surface area (Å²) in [7, 11) is 0. The molecule has 1 unspecified atom stereocenters.